The van der Waals surface area contributed by atoms with Crippen LogP contribution in [0.3, 0.4) is 0 Å². The van der Waals surface area contributed by atoms with Gasteiger partial charge in [0.2, 0.25) is 0 Å². The number of pyridine rings is 1. The molecule has 3 aromatic rings. The molecule has 0 aliphatic carbocycles. The van der Waals surface area contributed by atoms with Crippen molar-refractivity contribution >= 4 is 10.9 Å². The fourth-order valence-corrected chi connectivity index (χ4v) is 4.19. The first-order valence-electron chi connectivity index (χ1n) is 11.4. The van der Waals surface area contributed by atoms with Crippen LogP contribution in [0.4, 0.5) is 0 Å². The van der Waals surface area contributed by atoms with E-state index in [1.807, 2.05) is 22.9 Å². The summed E-state index contributed by atoms with van der Waals surface area (Å²) in [5, 5.41) is 23.1. The maximum absolute atomic E-state index is 12.9. The monoisotopic (exact) mass is 440 g/mol. The average molecular weight is 441 g/mol. The summed E-state index contributed by atoms with van der Waals surface area (Å²) in [6.45, 7) is 13.8. The highest BCUT2D eigenvalue weighted by Crippen LogP contribution is 2.31. The van der Waals surface area contributed by atoms with Gasteiger partial charge < -0.3 is 10.1 Å². The zero-order chi connectivity index (χ0) is 23.5. The Morgan fingerprint density at radius 1 is 1.22 bits per heavy atom. The molecule has 2 heterocycles. The first-order chi connectivity index (χ1) is 15.2. The van der Waals surface area contributed by atoms with E-state index in [4.69, 9.17) is 0 Å². The van der Waals surface area contributed by atoms with Crippen LogP contribution >= 0.6 is 0 Å². The van der Waals surface area contributed by atoms with E-state index in [0.717, 1.165) is 23.1 Å². The van der Waals surface area contributed by atoms with Gasteiger partial charge in [0.1, 0.15) is 0 Å². The molecule has 0 aliphatic rings. The van der Waals surface area contributed by atoms with Crippen LogP contribution < -0.4 is 5.56 Å². The number of benzene rings is 1. The fraction of sp³-hybridized carbons (Fsp3) is 0.583. The number of aliphatic hydroxyl groups is 1. The second-order valence-electron chi connectivity index (χ2n) is 9.76. The van der Waals surface area contributed by atoms with E-state index in [2.05, 4.69) is 73.0 Å². The van der Waals surface area contributed by atoms with Crippen molar-refractivity contribution in [3.05, 3.63) is 51.6 Å². The first kappa shape index (κ1) is 24.1. The third-order valence-corrected chi connectivity index (χ3v) is 5.79. The molecule has 8 heteroatoms. The number of rotatable bonds is 9. The molecule has 1 atom stereocenters. The van der Waals surface area contributed by atoms with Crippen molar-refractivity contribution in [1.82, 2.24) is 30.1 Å². The summed E-state index contributed by atoms with van der Waals surface area (Å²) < 4.78 is 1.86. The molecule has 2 N–H and O–H groups in total. The summed E-state index contributed by atoms with van der Waals surface area (Å²) in [6.07, 6.45) is 1.55. The molecule has 0 fully saturated rings. The lowest BCUT2D eigenvalue weighted by Gasteiger charge is -2.35. The van der Waals surface area contributed by atoms with E-state index < -0.39 is 0 Å². The number of aryl methyl sites for hydroxylation is 1. The maximum Gasteiger partial charge on any atom is 0.252 e. The molecule has 0 spiro atoms. The van der Waals surface area contributed by atoms with E-state index in [-0.39, 0.29) is 29.7 Å². The smallest absolute Gasteiger partial charge is 0.252 e. The predicted molar refractivity (Wildman–Crippen MR) is 126 cm³/mol. The van der Waals surface area contributed by atoms with Crippen LogP contribution in [0.15, 0.2) is 29.1 Å². The molecule has 8 nitrogen and oxygen atoms in total. The third-order valence-electron chi connectivity index (χ3n) is 5.79. The number of aromatic nitrogens is 5. The number of hydrogen-bond donors (Lipinski definition) is 2. The molecule has 0 unspecified atom stereocenters. The standard InChI is InChI=1S/C24H36N6O2/c1-7-17-9-10-20-18(13-17)14-19(23(32)25-20)15-29(11-8-12-31)21(16(2)3)22-26-27-28-30(22)24(4,5)6/h9-10,13-14,16,21,31H,7-8,11-12,15H2,1-6H3,(H,25,32)/t21-/m1/s1. The topological polar surface area (TPSA) is 99.9 Å². The van der Waals surface area contributed by atoms with E-state index in [9.17, 15) is 9.90 Å². The van der Waals surface area contributed by atoms with Gasteiger partial charge in [-0.25, -0.2) is 4.68 Å². The molecule has 174 valence electrons. The molecule has 1 aromatic carbocycles. The molecule has 2 aromatic heterocycles. The van der Waals surface area contributed by atoms with E-state index in [0.29, 0.717) is 25.1 Å². The minimum Gasteiger partial charge on any atom is -0.396 e. The molecule has 0 radical (unpaired) electrons. The summed E-state index contributed by atoms with van der Waals surface area (Å²) in [6, 6.07) is 8.04. The second-order valence-corrected chi connectivity index (χ2v) is 9.76. The fourth-order valence-electron chi connectivity index (χ4n) is 4.19. The third kappa shape index (κ3) is 5.24. The summed E-state index contributed by atoms with van der Waals surface area (Å²) in [7, 11) is 0. The predicted octanol–water partition coefficient (Wildman–Crippen LogP) is 3.41. The summed E-state index contributed by atoms with van der Waals surface area (Å²) in [4.78, 5) is 18.2. The normalized spacial score (nSPS) is 13.4. The van der Waals surface area contributed by atoms with Crippen molar-refractivity contribution in [1.29, 1.82) is 0 Å². The average Bonchev–Trinajstić information content (AvgIpc) is 3.21. The summed E-state index contributed by atoms with van der Waals surface area (Å²) >= 11 is 0. The highest BCUT2D eigenvalue weighted by molar-refractivity contribution is 5.79. The highest BCUT2D eigenvalue weighted by Gasteiger charge is 2.32. The van der Waals surface area contributed by atoms with Crippen LogP contribution in [0.1, 0.15) is 71.0 Å². The lowest BCUT2D eigenvalue weighted by Crippen LogP contribution is -2.38. The largest absolute Gasteiger partial charge is 0.396 e. The SMILES string of the molecule is CCc1ccc2[nH]c(=O)c(CN(CCCO)[C@@H](c3nnnn3C(C)(C)C)C(C)C)cc2c1. The van der Waals surface area contributed by atoms with Crippen LogP contribution in [-0.4, -0.2) is 48.3 Å². The zero-order valence-electron chi connectivity index (χ0n) is 20.1. The van der Waals surface area contributed by atoms with Gasteiger partial charge >= 0.3 is 0 Å². The van der Waals surface area contributed by atoms with E-state index in [1.54, 1.807) is 0 Å². The number of nitrogens with one attached hydrogen (secondary N) is 1. The Hall–Kier alpha value is -2.58. The van der Waals surface area contributed by atoms with Crippen molar-refractivity contribution in [3.8, 4) is 0 Å². The molecule has 32 heavy (non-hydrogen) atoms. The second kappa shape index (κ2) is 9.92. The van der Waals surface area contributed by atoms with Crippen molar-refractivity contribution in [3.63, 3.8) is 0 Å². The number of nitrogens with zero attached hydrogens (tertiary/aromatic N) is 5. The zero-order valence-corrected chi connectivity index (χ0v) is 20.1. The van der Waals surface area contributed by atoms with E-state index in [1.165, 1.54) is 5.56 Å². The molecule has 0 bridgehead atoms. The Bertz CT molecular complexity index is 1100. The van der Waals surface area contributed by atoms with Gasteiger partial charge in [0, 0.05) is 30.8 Å². The Morgan fingerprint density at radius 3 is 2.59 bits per heavy atom. The lowest BCUT2D eigenvalue weighted by atomic mass is 9.98. The van der Waals surface area contributed by atoms with Gasteiger partial charge in [-0.15, -0.1) is 5.10 Å². The van der Waals surface area contributed by atoms with Gasteiger partial charge in [-0.05, 0) is 79.1 Å². The van der Waals surface area contributed by atoms with Gasteiger partial charge in [-0.2, -0.15) is 0 Å². The minimum atomic E-state index is -0.272. The maximum atomic E-state index is 12.9. The highest BCUT2D eigenvalue weighted by atomic mass is 16.3. The number of fused-ring (bicyclic) bond motifs is 1. The van der Waals surface area contributed by atoms with Crippen molar-refractivity contribution < 1.29 is 5.11 Å². The van der Waals surface area contributed by atoms with Gasteiger partial charge in [0.05, 0.1) is 11.6 Å². The Kier molecular flexibility index (Phi) is 7.46. The number of aromatic amines is 1. The molecule has 3 rings (SSSR count). The van der Waals surface area contributed by atoms with Gasteiger partial charge in [-0.3, -0.25) is 9.69 Å². The van der Waals surface area contributed by atoms with Crippen LogP contribution in [0, 0.1) is 5.92 Å². The number of hydrogen-bond acceptors (Lipinski definition) is 6. The molecular weight excluding hydrogens is 404 g/mol. The Balaban J connectivity index is 2.04. The van der Waals surface area contributed by atoms with Crippen LogP contribution in [0.5, 0.6) is 0 Å². The van der Waals surface area contributed by atoms with Crippen LogP contribution in [0.2, 0.25) is 0 Å². The Morgan fingerprint density at radius 2 is 1.97 bits per heavy atom. The molecule has 0 amide bonds. The van der Waals surface area contributed by atoms with Crippen molar-refractivity contribution in [2.24, 2.45) is 5.92 Å². The van der Waals surface area contributed by atoms with Gasteiger partial charge in [0.25, 0.3) is 5.56 Å². The van der Waals surface area contributed by atoms with Crippen molar-refractivity contribution in [2.45, 2.75) is 72.5 Å². The van der Waals surface area contributed by atoms with Crippen molar-refractivity contribution in [2.75, 3.05) is 13.2 Å². The Labute approximate surface area is 189 Å². The van der Waals surface area contributed by atoms with Crippen LogP contribution in [-0.2, 0) is 18.5 Å². The molecule has 0 aliphatic heterocycles. The molecule has 0 saturated heterocycles. The first-order valence-corrected chi connectivity index (χ1v) is 11.4. The lowest BCUT2D eigenvalue weighted by molar-refractivity contribution is 0.116. The quantitative estimate of drug-likeness (QED) is 0.529. The van der Waals surface area contributed by atoms with E-state index >= 15 is 0 Å². The summed E-state index contributed by atoms with van der Waals surface area (Å²) in [5.74, 6) is 0.975. The molecule has 0 saturated carbocycles. The summed E-state index contributed by atoms with van der Waals surface area (Å²) in [5.41, 5.74) is 2.41. The number of aliphatic hydroxyl groups excluding tert-OH is 1. The van der Waals surface area contributed by atoms with Crippen LogP contribution in [0.25, 0.3) is 10.9 Å². The number of H-pyrrole nitrogens is 1. The van der Waals surface area contributed by atoms with Gasteiger partial charge in [-0.1, -0.05) is 26.8 Å². The molecular formula is C24H36N6O2. The number of tetrazole rings is 1. The van der Waals surface area contributed by atoms with Gasteiger partial charge in [0.15, 0.2) is 5.82 Å². The minimum absolute atomic E-state index is 0.0828.